The van der Waals surface area contributed by atoms with E-state index >= 15 is 0 Å². The van der Waals surface area contributed by atoms with Crippen LogP contribution in [0.5, 0.6) is 5.75 Å². The summed E-state index contributed by atoms with van der Waals surface area (Å²) in [7, 11) is 1.70. The molecule has 0 radical (unpaired) electrons. The zero-order valence-corrected chi connectivity index (χ0v) is 14.9. The summed E-state index contributed by atoms with van der Waals surface area (Å²) in [5.74, 6) is 1.77. The SMILES string of the molecule is CCNC(=NCc1ccc(OC)c(C)c1)NCCc1cccs1. The van der Waals surface area contributed by atoms with E-state index in [4.69, 9.17) is 4.74 Å². The first kappa shape index (κ1) is 17.3. The third-order valence-corrected chi connectivity index (χ3v) is 4.40. The molecule has 0 atom stereocenters. The van der Waals surface area contributed by atoms with Gasteiger partial charge in [0.1, 0.15) is 5.75 Å². The molecule has 23 heavy (non-hydrogen) atoms. The van der Waals surface area contributed by atoms with Gasteiger partial charge in [0.15, 0.2) is 5.96 Å². The molecule has 1 heterocycles. The van der Waals surface area contributed by atoms with Crippen LogP contribution in [0.15, 0.2) is 40.7 Å². The molecular weight excluding hydrogens is 306 g/mol. The number of hydrogen-bond acceptors (Lipinski definition) is 3. The highest BCUT2D eigenvalue weighted by molar-refractivity contribution is 7.09. The number of thiophene rings is 1. The third-order valence-electron chi connectivity index (χ3n) is 3.47. The monoisotopic (exact) mass is 331 g/mol. The second-order valence-electron chi connectivity index (χ2n) is 5.26. The van der Waals surface area contributed by atoms with Crippen LogP contribution in [0.25, 0.3) is 0 Å². The van der Waals surface area contributed by atoms with Crippen molar-refractivity contribution in [3.05, 3.63) is 51.7 Å². The van der Waals surface area contributed by atoms with Crippen molar-refractivity contribution in [3.63, 3.8) is 0 Å². The van der Waals surface area contributed by atoms with Gasteiger partial charge >= 0.3 is 0 Å². The Morgan fingerprint density at radius 3 is 2.78 bits per heavy atom. The van der Waals surface area contributed by atoms with E-state index in [1.54, 1.807) is 18.4 Å². The van der Waals surface area contributed by atoms with Gasteiger partial charge in [-0.1, -0.05) is 18.2 Å². The first-order valence-electron chi connectivity index (χ1n) is 7.91. The number of benzene rings is 1. The van der Waals surface area contributed by atoms with Gasteiger partial charge < -0.3 is 15.4 Å². The molecule has 0 unspecified atom stereocenters. The van der Waals surface area contributed by atoms with Crippen LogP contribution >= 0.6 is 11.3 Å². The summed E-state index contributed by atoms with van der Waals surface area (Å²) >= 11 is 1.79. The van der Waals surface area contributed by atoms with E-state index in [9.17, 15) is 0 Å². The molecule has 0 aliphatic carbocycles. The number of methoxy groups -OCH3 is 1. The molecule has 2 rings (SSSR count). The van der Waals surface area contributed by atoms with Crippen molar-refractivity contribution in [3.8, 4) is 5.75 Å². The predicted octanol–water partition coefficient (Wildman–Crippen LogP) is 3.36. The molecule has 1 aromatic heterocycles. The first-order chi connectivity index (χ1) is 11.2. The predicted molar refractivity (Wildman–Crippen MR) is 98.6 cm³/mol. The van der Waals surface area contributed by atoms with Crippen molar-refractivity contribution in [2.75, 3.05) is 20.2 Å². The fourth-order valence-electron chi connectivity index (χ4n) is 2.31. The van der Waals surface area contributed by atoms with Crippen molar-refractivity contribution in [1.82, 2.24) is 10.6 Å². The number of ether oxygens (including phenoxy) is 1. The molecule has 0 aliphatic heterocycles. The normalized spacial score (nSPS) is 11.3. The zero-order chi connectivity index (χ0) is 16.5. The van der Waals surface area contributed by atoms with Crippen molar-refractivity contribution in [1.29, 1.82) is 0 Å². The minimum Gasteiger partial charge on any atom is -0.496 e. The molecule has 5 heteroatoms. The quantitative estimate of drug-likeness (QED) is 0.604. The highest BCUT2D eigenvalue weighted by atomic mass is 32.1. The van der Waals surface area contributed by atoms with Crippen molar-refractivity contribution in [2.24, 2.45) is 4.99 Å². The first-order valence-corrected chi connectivity index (χ1v) is 8.79. The lowest BCUT2D eigenvalue weighted by Crippen LogP contribution is -2.38. The van der Waals surface area contributed by atoms with E-state index < -0.39 is 0 Å². The number of nitrogens with zero attached hydrogens (tertiary/aromatic N) is 1. The Balaban J connectivity index is 1.90. The summed E-state index contributed by atoms with van der Waals surface area (Å²) < 4.78 is 5.29. The van der Waals surface area contributed by atoms with E-state index in [0.29, 0.717) is 6.54 Å². The number of rotatable bonds is 7. The van der Waals surface area contributed by atoms with Crippen LogP contribution in [0.3, 0.4) is 0 Å². The van der Waals surface area contributed by atoms with Crippen LogP contribution in [-0.2, 0) is 13.0 Å². The lowest BCUT2D eigenvalue weighted by atomic mass is 10.1. The van der Waals surface area contributed by atoms with Crippen LogP contribution in [0.2, 0.25) is 0 Å². The molecule has 1 aromatic carbocycles. The molecule has 2 aromatic rings. The van der Waals surface area contributed by atoms with Gasteiger partial charge in [0.2, 0.25) is 0 Å². The highest BCUT2D eigenvalue weighted by Crippen LogP contribution is 2.18. The third kappa shape index (κ3) is 5.60. The van der Waals surface area contributed by atoms with E-state index in [1.165, 1.54) is 10.4 Å². The second-order valence-corrected chi connectivity index (χ2v) is 6.29. The van der Waals surface area contributed by atoms with Gasteiger partial charge in [-0.15, -0.1) is 11.3 Å². The van der Waals surface area contributed by atoms with Crippen LogP contribution in [-0.4, -0.2) is 26.2 Å². The summed E-state index contributed by atoms with van der Waals surface area (Å²) in [6.45, 7) is 6.52. The van der Waals surface area contributed by atoms with Crippen molar-refractivity contribution < 1.29 is 4.74 Å². The number of hydrogen-bond donors (Lipinski definition) is 2. The zero-order valence-electron chi connectivity index (χ0n) is 14.1. The van der Waals surface area contributed by atoms with Gasteiger partial charge in [0.05, 0.1) is 13.7 Å². The minimum atomic E-state index is 0.652. The van der Waals surface area contributed by atoms with Gasteiger partial charge in [-0.25, -0.2) is 4.99 Å². The van der Waals surface area contributed by atoms with Crippen LogP contribution in [0.4, 0.5) is 0 Å². The maximum Gasteiger partial charge on any atom is 0.191 e. The van der Waals surface area contributed by atoms with Crippen molar-refractivity contribution >= 4 is 17.3 Å². The molecular formula is C18H25N3OS. The molecule has 4 nitrogen and oxygen atoms in total. The molecule has 0 amide bonds. The number of aryl methyl sites for hydroxylation is 1. The summed E-state index contributed by atoms with van der Waals surface area (Å²) in [5, 5.41) is 8.79. The average Bonchev–Trinajstić information content (AvgIpc) is 3.06. The fourth-order valence-corrected chi connectivity index (χ4v) is 3.02. The molecule has 0 aliphatic rings. The van der Waals surface area contributed by atoms with Gasteiger partial charge in [-0.2, -0.15) is 0 Å². The average molecular weight is 331 g/mol. The lowest BCUT2D eigenvalue weighted by molar-refractivity contribution is 0.411. The van der Waals surface area contributed by atoms with Crippen LogP contribution in [0.1, 0.15) is 22.9 Å². The standard InChI is InChI=1S/C18H25N3OS/c1-4-19-18(20-10-9-16-6-5-11-23-16)21-13-15-7-8-17(22-3)14(2)12-15/h5-8,11-12H,4,9-10,13H2,1-3H3,(H2,19,20,21). The van der Waals surface area contributed by atoms with Gasteiger partial charge in [-0.05, 0) is 48.9 Å². The van der Waals surface area contributed by atoms with E-state index in [2.05, 4.69) is 59.1 Å². The summed E-state index contributed by atoms with van der Waals surface area (Å²) in [6, 6.07) is 10.4. The smallest absolute Gasteiger partial charge is 0.191 e. The molecule has 0 bridgehead atoms. The minimum absolute atomic E-state index is 0.652. The Hall–Kier alpha value is -2.01. The number of guanidine groups is 1. The Bertz CT molecular complexity index is 623. The molecule has 0 saturated heterocycles. The molecule has 2 N–H and O–H groups in total. The van der Waals surface area contributed by atoms with Gasteiger partial charge in [0.25, 0.3) is 0 Å². The summed E-state index contributed by atoms with van der Waals surface area (Å²) in [6.07, 6.45) is 1.02. The van der Waals surface area contributed by atoms with Gasteiger partial charge in [-0.3, -0.25) is 0 Å². The van der Waals surface area contributed by atoms with E-state index in [-0.39, 0.29) is 0 Å². The Labute approximate surface area is 142 Å². The van der Waals surface area contributed by atoms with Gasteiger partial charge in [0, 0.05) is 18.0 Å². The molecule has 124 valence electrons. The highest BCUT2D eigenvalue weighted by Gasteiger charge is 2.01. The van der Waals surface area contributed by atoms with E-state index in [1.807, 2.05) is 6.07 Å². The van der Waals surface area contributed by atoms with Crippen molar-refractivity contribution in [2.45, 2.75) is 26.8 Å². The summed E-state index contributed by atoms with van der Waals surface area (Å²) in [5.41, 5.74) is 2.31. The lowest BCUT2D eigenvalue weighted by Gasteiger charge is -2.11. The summed E-state index contributed by atoms with van der Waals surface area (Å²) in [4.78, 5) is 6.04. The van der Waals surface area contributed by atoms with E-state index in [0.717, 1.165) is 36.8 Å². The maximum atomic E-state index is 5.29. The Morgan fingerprint density at radius 1 is 1.26 bits per heavy atom. The second kappa shape index (κ2) is 9.20. The molecule has 0 fully saturated rings. The molecule has 0 spiro atoms. The van der Waals surface area contributed by atoms with Crippen LogP contribution < -0.4 is 15.4 Å². The topological polar surface area (TPSA) is 45.7 Å². The number of nitrogens with one attached hydrogen (secondary N) is 2. The molecule has 0 saturated carbocycles. The fraction of sp³-hybridized carbons (Fsp3) is 0.389. The Kier molecular flexibility index (Phi) is 6.94. The Morgan fingerprint density at radius 2 is 2.13 bits per heavy atom. The van der Waals surface area contributed by atoms with Crippen LogP contribution in [0, 0.1) is 6.92 Å². The number of aliphatic imine (C=N–C) groups is 1. The largest absolute Gasteiger partial charge is 0.496 e. The maximum absolute atomic E-state index is 5.29.